The van der Waals surface area contributed by atoms with Crippen LogP contribution >= 0.6 is 0 Å². The first kappa shape index (κ1) is 5.31. The van der Waals surface area contributed by atoms with Gasteiger partial charge in [-0.25, -0.2) is 0 Å². The van der Waals surface area contributed by atoms with Crippen LogP contribution in [-0.2, 0) is 0 Å². The van der Waals surface area contributed by atoms with E-state index in [0.717, 1.165) is 5.69 Å². The summed E-state index contributed by atoms with van der Waals surface area (Å²) in [5, 5.41) is 8.62. The van der Waals surface area contributed by atoms with E-state index in [1.807, 2.05) is 35.2 Å². The molecule has 1 aliphatic rings. The maximum atomic E-state index is 8.62. The summed E-state index contributed by atoms with van der Waals surface area (Å²) in [6.07, 6.45) is 5.77. The zero-order valence-corrected chi connectivity index (χ0v) is 5.36. The molecule has 2 heterocycles. The van der Waals surface area contributed by atoms with Crippen molar-refractivity contribution >= 4 is 6.20 Å². The molecule has 0 bridgehead atoms. The molecule has 0 spiro atoms. The molecule has 0 fully saturated rings. The lowest BCUT2D eigenvalue weighted by atomic mass is 10.1. The highest BCUT2D eigenvalue weighted by atomic mass is 15.0. The number of rotatable bonds is 0. The number of hydrogen-bond acceptors (Lipinski definition) is 1. The first-order valence-corrected chi connectivity index (χ1v) is 3.16. The van der Waals surface area contributed by atoms with Crippen LogP contribution in [0.3, 0.4) is 0 Å². The molecule has 0 radical (unpaired) electrons. The van der Waals surface area contributed by atoms with E-state index in [4.69, 9.17) is 5.26 Å². The molecule has 2 rings (SSSR count). The van der Waals surface area contributed by atoms with Crippen LogP contribution in [0.5, 0.6) is 0 Å². The molecule has 0 unspecified atom stereocenters. The molecular formula is C8H6N2. The maximum absolute atomic E-state index is 8.62. The summed E-state index contributed by atoms with van der Waals surface area (Å²) < 4.78 is 1.97. The molecule has 0 amide bonds. The van der Waals surface area contributed by atoms with Crippen LogP contribution in [-0.4, -0.2) is 4.57 Å². The van der Waals surface area contributed by atoms with Gasteiger partial charge < -0.3 is 4.57 Å². The van der Waals surface area contributed by atoms with E-state index in [2.05, 4.69) is 6.07 Å². The Morgan fingerprint density at radius 2 is 2.50 bits per heavy atom. The summed E-state index contributed by atoms with van der Waals surface area (Å²) in [5.41, 5.74) is 1.07. The van der Waals surface area contributed by atoms with Crippen molar-refractivity contribution in [3.63, 3.8) is 0 Å². The van der Waals surface area contributed by atoms with Crippen LogP contribution in [0, 0.1) is 11.3 Å². The molecule has 0 N–H and O–H groups in total. The van der Waals surface area contributed by atoms with Crippen LogP contribution in [0.4, 0.5) is 0 Å². The minimum Gasteiger partial charge on any atom is -0.326 e. The van der Waals surface area contributed by atoms with Gasteiger partial charge in [0.1, 0.15) is 5.92 Å². The number of aromatic nitrogens is 1. The molecular weight excluding hydrogens is 124 g/mol. The summed E-state index contributed by atoms with van der Waals surface area (Å²) in [7, 11) is 0. The molecule has 1 atom stereocenters. The molecule has 48 valence electrons. The van der Waals surface area contributed by atoms with Gasteiger partial charge in [0, 0.05) is 18.1 Å². The standard InChI is InChI=1S/C8H6N2/c9-6-7-3-5-10-4-1-2-8(7)10/h1-5,7H/t7-/m1/s1. The smallest absolute Gasteiger partial charge is 0.106 e. The minimum absolute atomic E-state index is 0.0324. The Bertz CT molecular complexity index is 314. The molecule has 2 heteroatoms. The van der Waals surface area contributed by atoms with Crippen LogP contribution in [0.2, 0.25) is 0 Å². The Balaban J connectivity index is 2.55. The van der Waals surface area contributed by atoms with Crippen molar-refractivity contribution in [3.05, 3.63) is 30.1 Å². The van der Waals surface area contributed by atoms with Gasteiger partial charge in [0.05, 0.1) is 6.07 Å². The average molecular weight is 130 g/mol. The summed E-state index contributed by atoms with van der Waals surface area (Å²) in [6, 6.07) is 6.11. The second-order valence-electron chi connectivity index (χ2n) is 2.29. The second kappa shape index (κ2) is 1.74. The van der Waals surface area contributed by atoms with Gasteiger partial charge in [-0.3, -0.25) is 0 Å². The number of nitriles is 1. The minimum atomic E-state index is -0.0324. The molecule has 1 aromatic rings. The van der Waals surface area contributed by atoms with E-state index in [9.17, 15) is 0 Å². The van der Waals surface area contributed by atoms with E-state index in [-0.39, 0.29) is 5.92 Å². The van der Waals surface area contributed by atoms with Gasteiger partial charge in [-0.1, -0.05) is 0 Å². The van der Waals surface area contributed by atoms with Crippen LogP contribution in [0.25, 0.3) is 6.20 Å². The second-order valence-corrected chi connectivity index (χ2v) is 2.29. The van der Waals surface area contributed by atoms with E-state index >= 15 is 0 Å². The lowest BCUT2D eigenvalue weighted by Crippen LogP contribution is -1.89. The van der Waals surface area contributed by atoms with E-state index in [1.54, 1.807) is 0 Å². The average Bonchev–Trinajstić information content (AvgIpc) is 2.44. The normalized spacial score (nSPS) is 20.5. The highest BCUT2D eigenvalue weighted by Crippen LogP contribution is 2.23. The first-order chi connectivity index (χ1) is 4.92. The van der Waals surface area contributed by atoms with Gasteiger partial charge in [0.15, 0.2) is 0 Å². The SMILES string of the molecule is N#C[C@H]1C=Cn2cccc21. The van der Waals surface area contributed by atoms with Gasteiger partial charge >= 0.3 is 0 Å². The fourth-order valence-electron chi connectivity index (χ4n) is 1.19. The van der Waals surface area contributed by atoms with Crippen LogP contribution in [0.15, 0.2) is 24.4 Å². The van der Waals surface area contributed by atoms with Crippen molar-refractivity contribution in [3.8, 4) is 6.07 Å². The Labute approximate surface area is 59.0 Å². The zero-order valence-electron chi connectivity index (χ0n) is 5.36. The fourth-order valence-corrected chi connectivity index (χ4v) is 1.19. The topological polar surface area (TPSA) is 28.7 Å². The quantitative estimate of drug-likeness (QED) is 0.524. The molecule has 2 nitrogen and oxygen atoms in total. The molecule has 0 saturated heterocycles. The van der Waals surface area contributed by atoms with E-state index in [1.165, 1.54) is 0 Å². The van der Waals surface area contributed by atoms with E-state index < -0.39 is 0 Å². The molecule has 0 aromatic carbocycles. The highest BCUT2D eigenvalue weighted by Gasteiger charge is 2.14. The molecule has 0 saturated carbocycles. The van der Waals surface area contributed by atoms with Gasteiger partial charge in [0.2, 0.25) is 0 Å². The van der Waals surface area contributed by atoms with Gasteiger partial charge in [-0.2, -0.15) is 5.26 Å². The highest BCUT2D eigenvalue weighted by molar-refractivity contribution is 5.44. The number of fused-ring (bicyclic) bond motifs is 1. The van der Waals surface area contributed by atoms with Crippen molar-refractivity contribution in [2.45, 2.75) is 5.92 Å². The molecule has 1 aliphatic heterocycles. The Hall–Kier alpha value is -1.49. The molecule has 0 aliphatic carbocycles. The Kier molecular flexibility index (Phi) is 0.925. The number of hydrogen-bond donors (Lipinski definition) is 0. The van der Waals surface area contributed by atoms with Crippen molar-refractivity contribution in [2.75, 3.05) is 0 Å². The summed E-state index contributed by atoms with van der Waals surface area (Å²) in [6.45, 7) is 0. The predicted molar refractivity (Wildman–Crippen MR) is 38.1 cm³/mol. The van der Waals surface area contributed by atoms with Gasteiger partial charge in [-0.05, 0) is 18.2 Å². The third-order valence-corrected chi connectivity index (χ3v) is 1.71. The van der Waals surface area contributed by atoms with Crippen LogP contribution in [0.1, 0.15) is 11.6 Å². The summed E-state index contributed by atoms with van der Waals surface area (Å²) >= 11 is 0. The lowest BCUT2D eigenvalue weighted by molar-refractivity contribution is 1.01. The molecule has 10 heavy (non-hydrogen) atoms. The van der Waals surface area contributed by atoms with E-state index in [0.29, 0.717) is 0 Å². The largest absolute Gasteiger partial charge is 0.326 e. The summed E-state index contributed by atoms with van der Waals surface area (Å²) in [5.74, 6) is -0.0324. The lowest BCUT2D eigenvalue weighted by Gasteiger charge is -1.94. The third kappa shape index (κ3) is 0.519. The maximum Gasteiger partial charge on any atom is 0.106 e. The fraction of sp³-hybridized carbons (Fsp3) is 0.125. The molecule has 1 aromatic heterocycles. The first-order valence-electron chi connectivity index (χ1n) is 3.16. The number of allylic oxidation sites excluding steroid dienone is 1. The van der Waals surface area contributed by atoms with Crippen molar-refractivity contribution in [1.29, 1.82) is 5.26 Å². The monoisotopic (exact) mass is 130 g/mol. The number of nitrogens with zero attached hydrogens (tertiary/aromatic N) is 2. The Morgan fingerprint density at radius 3 is 3.30 bits per heavy atom. The summed E-state index contributed by atoms with van der Waals surface area (Å²) in [4.78, 5) is 0. The van der Waals surface area contributed by atoms with Crippen molar-refractivity contribution < 1.29 is 0 Å². The van der Waals surface area contributed by atoms with Crippen LogP contribution < -0.4 is 0 Å². The van der Waals surface area contributed by atoms with Gasteiger partial charge in [-0.15, -0.1) is 0 Å². The third-order valence-electron chi connectivity index (χ3n) is 1.71. The van der Waals surface area contributed by atoms with Crippen molar-refractivity contribution in [2.24, 2.45) is 0 Å². The zero-order chi connectivity index (χ0) is 6.97. The predicted octanol–water partition coefficient (Wildman–Crippen LogP) is 1.58. The Morgan fingerprint density at radius 1 is 1.60 bits per heavy atom. The van der Waals surface area contributed by atoms with Crippen molar-refractivity contribution in [1.82, 2.24) is 4.57 Å². The van der Waals surface area contributed by atoms with Gasteiger partial charge in [0.25, 0.3) is 0 Å².